The Labute approximate surface area is 95.0 Å². The van der Waals surface area contributed by atoms with Crippen LogP contribution in [-0.2, 0) is 0 Å². The SMILES string of the molecule is O=C(O)c1ncc(-c2cccc(Cl)c2)s1. The molecular weight excluding hydrogens is 234 g/mol. The van der Waals surface area contributed by atoms with Crippen LogP contribution in [0.4, 0.5) is 0 Å². The molecule has 0 spiro atoms. The number of rotatable bonds is 2. The van der Waals surface area contributed by atoms with Crippen LogP contribution in [-0.4, -0.2) is 16.1 Å². The normalized spacial score (nSPS) is 10.2. The smallest absolute Gasteiger partial charge is 0.365 e. The molecule has 1 heterocycles. The summed E-state index contributed by atoms with van der Waals surface area (Å²) < 4.78 is 0. The third-order valence-electron chi connectivity index (χ3n) is 1.80. The van der Waals surface area contributed by atoms with Gasteiger partial charge in [0, 0.05) is 11.2 Å². The highest BCUT2D eigenvalue weighted by Gasteiger charge is 2.10. The molecule has 1 aromatic heterocycles. The predicted molar refractivity (Wildman–Crippen MR) is 59.5 cm³/mol. The molecule has 2 rings (SSSR count). The van der Waals surface area contributed by atoms with Gasteiger partial charge < -0.3 is 5.11 Å². The average molecular weight is 240 g/mol. The maximum atomic E-state index is 10.6. The first-order chi connectivity index (χ1) is 7.16. The highest BCUT2D eigenvalue weighted by molar-refractivity contribution is 7.16. The van der Waals surface area contributed by atoms with E-state index in [1.807, 2.05) is 12.1 Å². The van der Waals surface area contributed by atoms with Crippen molar-refractivity contribution in [2.75, 3.05) is 0 Å². The number of aromatic carboxylic acids is 1. The van der Waals surface area contributed by atoms with Crippen LogP contribution in [0.5, 0.6) is 0 Å². The standard InChI is InChI=1S/C10H6ClNO2S/c11-7-3-1-2-6(4-7)8-5-12-9(15-8)10(13)14/h1-5H,(H,13,14). The summed E-state index contributed by atoms with van der Waals surface area (Å²) in [4.78, 5) is 15.2. The number of benzene rings is 1. The van der Waals surface area contributed by atoms with E-state index in [1.54, 1.807) is 18.3 Å². The molecule has 0 saturated heterocycles. The van der Waals surface area contributed by atoms with Crippen LogP contribution in [0.1, 0.15) is 9.80 Å². The zero-order valence-electron chi connectivity index (χ0n) is 7.48. The van der Waals surface area contributed by atoms with Gasteiger partial charge in [-0.2, -0.15) is 0 Å². The second kappa shape index (κ2) is 4.00. The van der Waals surface area contributed by atoms with E-state index >= 15 is 0 Å². The maximum absolute atomic E-state index is 10.6. The lowest BCUT2D eigenvalue weighted by molar-refractivity contribution is 0.0696. The van der Waals surface area contributed by atoms with E-state index in [1.165, 1.54) is 0 Å². The molecule has 15 heavy (non-hydrogen) atoms. The molecular formula is C10H6ClNO2S. The first kappa shape index (κ1) is 10.1. The summed E-state index contributed by atoms with van der Waals surface area (Å²) in [5.41, 5.74) is 0.882. The number of thiazole rings is 1. The first-order valence-corrected chi connectivity index (χ1v) is 5.31. The zero-order chi connectivity index (χ0) is 10.8. The first-order valence-electron chi connectivity index (χ1n) is 4.12. The number of hydrogen-bond donors (Lipinski definition) is 1. The predicted octanol–water partition coefficient (Wildman–Crippen LogP) is 3.16. The molecule has 5 heteroatoms. The van der Waals surface area contributed by atoms with Crippen molar-refractivity contribution in [1.82, 2.24) is 4.98 Å². The molecule has 0 unspecified atom stereocenters. The topological polar surface area (TPSA) is 50.2 Å². The minimum atomic E-state index is -1.01. The lowest BCUT2D eigenvalue weighted by Gasteiger charge is -1.95. The monoisotopic (exact) mass is 239 g/mol. The fourth-order valence-electron chi connectivity index (χ4n) is 1.15. The molecule has 0 aliphatic heterocycles. The molecule has 0 bridgehead atoms. The van der Waals surface area contributed by atoms with Gasteiger partial charge in [-0.1, -0.05) is 23.7 Å². The number of carboxylic acids is 1. The van der Waals surface area contributed by atoms with Crippen molar-refractivity contribution >= 4 is 28.9 Å². The number of hydrogen-bond acceptors (Lipinski definition) is 3. The van der Waals surface area contributed by atoms with Crippen molar-refractivity contribution in [3.8, 4) is 10.4 Å². The molecule has 2 aromatic rings. The van der Waals surface area contributed by atoms with Crippen LogP contribution in [0.2, 0.25) is 5.02 Å². The van der Waals surface area contributed by atoms with Gasteiger partial charge in [0.15, 0.2) is 0 Å². The third kappa shape index (κ3) is 2.16. The lowest BCUT2D eigenvalue weighted by atomic mass is 10.2. The van der Waals surface area contributed by atoms with Crippen molar-refractivity contribution in [2.45, 2.75) is 0 Å². The van der Waals surface area contributed by atoms with Crippen molar-refractivity contribution in [2.24, 2.45) is 0 Å². The van der Waals surface area contributed by atoms with Crippen molar-refractivity contribution < 1.29 is 9.90 Å². The van der Waals surface area contributed by atoms with Gasteiger partial charge in [-0.3, -0.25) is 0 Å². The molecule has 76 valence electrons. The molecule has 0 aliphatic carbocycles. The van der Waals surface area contributed by atoms with Gasteiger partial charge in [0.1, 0.15) is 0 Å². The second-order valence-corrected chi connectivity index (χ2v) is 4.31. The summed E-state index contributed by atoms with van der Waals surface area (Å²) in [6.45, 7) is 0. The summed E-state index contributed by atoms with van der Waals surface area (Å²) in [6.07, 6.45) is 1.54. The van der Waals surface area contributed by atoms with E-state index < -0.39 is 5.97 Å². The number of nitrogens with zero attached hydrogens (tertiary/aromatic N) is 1. The van der Waals surface area contributed by atoms with Crippen LogP contribution in [0, 0.1) is 0 Å². The van der Waals surface area contributed by atoms with E-state index in [2.05, 4.69) is 4.98 Å². The lowest BCUT2D eigenvalue weighted by Crippen LogP contribution is -1.92. The summed E-state index contributed by atoms with van der Waals surface area (Å²) in [5.74, 6) is -1.01. The number of halogens is 1. The number of carbonyl (C=O) groups is 1. The Morgan fingerprint density at radius 3 is 2.87 bits per heavy atom. The molecule has 0 saturated carbocycles. The van der Waals surface area contributed by atoms with E-state index in [-0.39, 0.29) is 5.01 Å². The summed E-state index contributed by atoms with van der Waals surface area (Å²) in [7, 11) is 0. The summed E-state index contributed by atoms with van der Waals surface area (Å²) in [5, 5.41) is 9.43. The quantitative estimate of drug-likeness (QED) is 0.876. The van der Waals surface area contributed by atoms with E-state index in [4.69, 9.17) is 16.7 Å². The molecule has 0 fully saturated rings. The van der Waals surface area contributed by atoms with Crippen LogP contribution in [0.15, 0.2) is 30.5 Å². The Kier molecular flexibility index (Phi) is 2.70. The Hall–Kier alpha value is -1.39. The van der Waals surface area contributed by atoms with E-state index in [0.717, 1.165) is 21.8 Å². The van der Waals surface area contributed by atoms with Crippen molar-refractivity contribution in [3.63, 3.8) is 0 Å². The van der Waals surface area contributed by atoms with Gasteiger partial charge >= 0.3 is 5.97 Å². The van der Waals surface area contributed by atoms with Gasteiger partial charge in [0.25, 0.3) is 0 Å². The molecule has 0 aliphatic rings. The zero-order valence-corrected chi connectivity index (χ0v) is 9.05. The molecule has 0 amide bonds. The van der Waals surface area contributed by atoms with Crippen LogP contribution < -0.4 is 0 Å². The fourth-order valence-corrected chi connectivity index (χ4v) is 2.09. The Balaban J connectivity index is 2.41. The van der Waals surface area contributed by atoms with Crippen molar-refractivity contribution in [3.05, 3.63) is 40.5 Å². The molecule has 0 radical (unpaired) electrons. The molecule has 3 nitrogen and oxygen atoms in total. The van der Waals surface area contributed by atoms with Gasteiger partial charge in [0.2, 0.25) is 5.01 Å². The van der Waals surface area contributed by atoms with E-state index in [0.29, 0.717) is 5.02 Å². The van der Waals surface area contributed by atoms with Crippen molar-refractivity contribution in [1.29, 1.82) is 0 Å². The second-order valence-electron chi connectivity index (χ2n) is 2.85. The number of carboxylic acid groups (broad SMARTS) is 1. The van der Waals surface area contributed by atoms with Crippen LogP contribution in [0.3, 0.4) is 0 Å². The van der Waals surface area contributed by atoms with Gasteiger partial charge in [-0.15, -0.1) is 11.3 Å². The summed E-state index contributed by atoms with van der Waals surface area (Å²) >= 11 is 6.97. The molecule has 1 N–H and O–H groups in total. The van der Waals surface area contributed by atoms with Gasteiger partial charge in [0.05, 0.1) is 4.88 Å². The maximum Gasteiger partial charge on any atom is 0.365 e. The average Bonchev–Trinajstić information content (AvgIpc) is 2.66. The van der Waals surface area contributed by atoms with Gasteiger partial charge in [-0.05, 0) is 17.7 Å². The molecule has 1 aromatic carbocycles. The highest BCUT2D eigenvalue weighted by Crippen LogP contribution is 2.27. The highest BCUT2D eigenvalue weighted by atomic mass is 35.5. The summed E-state index contributed by atoms with van der Waals surface area (Å²) in [6, 6.07) is 7.23. The van der Waals surface area contributed by atoms with E-state index in [9.17, 15) is 4.79 Å². The Morgan fingerprint density at radius 2 is 2.27 bits per heavy atom. The van der Waals surface area contributed by atoms with Gasteiger partial charge in [-0.25, -0.2) is 9.78 Å². The largest absolute Gasteiger partial charge is 0.476 e. The number of aromatic nitrogens is 1. The Bertz CT molecular complexity index is 510. The fraction of sp³-hybridized carbons (Fsp3) is 0. The third-order valence-corrected chi connectivity index (χ3v) is 3.07. The van der Waals surface area contributed by atoms with Crippen LogP contribution in [0.25, 0.3) is 10.4 Å². The Morgan fingerprint density at radius 1 is 1.47 bits per heavy atom. The molecule has 0 atom stereocenters. The minimum Gasteiger partial charge on any atom is -0.476 e. The van der Waals surface area contributed by atoms with Crippen LogP contribution >= 0.6 is 22.9 Å². The minimum absolute atomic E-state index is 0.0879.